The number of allylic oxidation sites excluding steroid dienone is 3. The van der Waals surface area contributed by atoms with Crippen LogP contribution in [0.1, 0.15) is 32.6 Å². The second kappa shape index (κ2) is 18.7. The van der Waals surface area contributed by atoms with E-state index in [9.17, 15) is 4.53 Å². The fourth-order valence-corrected chi connectivity index (χ4v) is 7.27. The van der Waals surface area contributed by atoms with Gasteiger partial charge in [0.05, 0.1) is 41.3 Å². The van der Waals surface area contributed by atoms with E-state index in [1.807, 2.05) is 60.6 Å². The number of methoxy groups -OCH3 is 2. The van der Waals surface area contributed by atoms with E-state index < -0.39 is 0 Å². The summed E-state index contributed by atoms with van der Waals surface area (Å²) in [5, 5.41) is 10.6. The predicted octanol–water partition coefficient (Wildman–Crippen LogP) is 7.78. The van der Waals surface area contributed by atoms with Crippen LogP contribution in [0.3, 0.4) is 0 Å². The van der Waals surface area contributed by atoms with Crippen LogP contribution >= 0.6 is 11.9 Å². The second-order valence-electron chi connectivity index (χ2n) is 12.0. The molecule has 2 aliphatic rings. The third kappa shape index (κ3) is 8.54. The van der Waals surface area contributed by atoms with Gasteiger partial charge < -0.3 is 29.9 Å². The van der Waals surface area contributed by atoms with Crippen LogP contribution in [-0.2, 0) is 21.3 Å². The number of fused-ring (bicyclic) bond motifs is 3. The van der Waals surface area contributed by atoms with Crippen LogP contribution in [0.25, 0.3) is 33.4 Å². The number of hydrogen-bond donors (Lipinski definition) is 2. The molecule has 14 heteroatoms. The van der Waals surface area contributed by atoms with Crippen molar-refractivity contribution in [3.63, 3.8) is 0 Å². The van der Waals surface area contributed by atoms with Gasteiger partial charge in [-0.25, -0.2) is 4.98 Å². The summed E-state index contributed by atoms with van der Waals surface area (Å²) < 4.78 is 27.2. The normalized spacial score (nSPS) is 13.9. The molecule has 1 aromatic carbocycles. The topological polar surface area (TPSA) is 111 Å². The molecule has 0 saturated heterocycles. The minimum atomic E-state index is -0.143. The minimum Gasteiger partial charge on any atom is -0.483 e. The molecule has 0 spiro atoms. The van der Waals surface area contributed by atoms with Crippen molar-refractivity contribution in [3.8, 4) is 40.6 Å². The molecule has 6 rings (SSSR count). The first-order chi connectivity index (χ1) is 25.6. The number of hydrogen-bond acceptors (Lipinski definition) is 10. The SMILES string of the molecule is C#C/C=C\C(=C/C)Sn1c(-c2cn(C)nc2OF)c(-c2ccc(NC(=C)OC)cc2)c2c3c(cnc21)N(C)C(=C)N3C1CCCC1.CNC=O.COC. The monoisotopic (exact) mass is 742 g/mol. The summed E-state index contributed by atoms with van der Waals surface area (Å²) >= 11 is 1.44. The molecule has 53 heavy (non-hydrogen) atoms. The van der Waals surface area contributed by atoms with E-state index in [-0.39, 0.29) is 5.88 Å². The highest BCUT2D eigenvalue weighted by atomic mass is 32.2. The molecule has 12 nitrogen and oxygen atoms in total. The zero-order valence-corrected chi connectivity index (χ0v) is 32.1. The molecule has 1 saturated carbocycles. The number of carbonyl (C=O) groups is 1. The van der Waals surface area contributed by atoms with Crippen molar-refractivity contribution in [1.82, 2.24) is 24.1 Å². The average Bonchev–Trinajstić information content (AvgIpc) is 3.95. The molecule has 0 bridgehead atoms. The highest BCUT2D eigenvalue weighted by molar-refractivity contribution is 8.02. The van der Waals surface area contributed by atoms with Crippen molar-refractivity contribution in [2.75, 3.05) is 50.5 Å². The lowest BCUT2D eigenvalue weighted by Gasteiger charge is -2.28. The van der Waals surface area contributed by atoms with Crippen molar-refractivity contribution in [1.29, 1.82) is 0 Å². The van der Waals surface area contributed by atoms with E-state index in [2.05, 4.69) is 54.3 Å². The maximum absolute atomic E-state index is 14.2. The molecule has 3 aromatic heterocycles. The van der Waals surface area contributed by atoms with Crippen LogP contribution in [0.5, 0.6) is 5.88 Å². The Bertz CT molecular complexity index is 2020. The van der Waals surface area contributed by atoms with Crippen molar-refractivity contribution in [3.05, 3.63) is 84.7 Å². The Morgan fingerprint density at radius 2 is 1.83 bits per heavy atom. The molecule has 0 radical (unpaired) electrons. The number of aryl methyl sites for hydroxylation is 1. The lowest BCUT2D eigenvalue weighted by atomic mass is 9.98. The Morgan fingerprint density at radius 1 is 1.17 bits per heavy atom. The third-order valence-electron chi connectivity index (χ3n) is 8.62. The number of nitrogens with one attached hydrogen (secondary N) is 2. The van der Waals surface area contributed by atoms with Crippen LogP contribution < -0.4 is 25.4 Å². The summed E-state index contributed by atoms with van der Waals surface area (Å²) in [6.07, 6.45) is 19.8. The summed E-state index contributed by atoms with van der Waals surface area (Å²) in [7, 11) is 10.1. The third-order valence-corrected chi connectivity index (χ3v) is 9.74. The van der Waals surface area contributed by atoms with E-state index in [0.29, 0.717) is 35.2 Å². The molecule has 1 aliphatic heterocycles. The number of nitrogens with zero attached hydrogens (tertiary/aromatic N) is 6. The summed E-state index contributed by atoms with van der Waals surface area (Å²) in [5.41, 5.74) is 6.42. The minimum absolute atomic E-state index is 0.143. The molecule has 0 unspecified atom stereocenters. The zero-order chi connectivity index (χ0) is 38.7. The number of halogens is 1. The van der Waals surface area contributed by atoms with Crippen LogP contribution in [0.4, 0.5) is 21.6 Å². The van der Waals surface area contributed by atoms with Gasteiger partial charge in [0.25, 0.3) is 5.88 Å². The van der Waals surface area contributed by atoms with Crippen LogP contribution in [-0.4, -0.2) is 66.6 Å². The average molecular weight is 743 g/mol. The van der Waals surface area contributed by atoms with Gasteiger partial charge in [0, 0.05) is 68.3 Å². The van der Waals surface area contributed by atoms with E-state index >= 15 is 0 Å². The van der Waals surface area contributed by atoms with Crippen molar-refractivity contribution in [2.24, 2.45) is 7.05 Å². The van der Waals surface area contributed by atoms with Crippen LogP contribution in [0, 0.1) is 12.3 Å². The number of pyridine rings is 1. The van der Waals surface area contributed by atoms with Gasteiger partial charge in [-0.2, -0.15) is 0 Å². The fourth-order valence-electron chi connectivity index (χ4n) is 6.32. The van der Waals surface area contributed by atoms with Gasteiger partial charge in [-0.05, 0) is 68.1 Å². The van der Waals surface area contributed by atoms with Gasteiger partial charge in [-0.1, -0.05) is 43.5 Å². The van der Waals surface area contributed by atoms with Gasteiger partial charge in [0.15, 0.2) is 11.5 Å². The Balaban J connectivity index is 0.000000827. The van der Waals surface area contributed by atoms with Crippen molar-refractivity contribution < 1.29 is 23.7 Å². The summed E-state index contributed by atoms with van der Waals surface area (Å²) in [6.45, 7) is 10.3. The van der Waals surface area contributed by atoms with E-state index in [1.165, 1.54) is 16.6 Å². The van der Waals surface area contributed by atoms with E-state index in [4.69, 9.17) is 20.9 Å². The highest BCUT2D eigenvalue weighted by Crippen LogP contribution is 2.55. The molecule has 4 heterocycles. The van der Waals surface area contributed by atoms with Gasteiger partial charge >= 0.3 is 0 Å². The summed E-state index contributed by atoms with van der Waals surface area (Å²) in [6, 6.07) is 8.25. The molecule has 4 aromatic rings. The lowest BCUT2D eigenvalue weighted by molar-refractivity contribution is -0.109. The number of rotatable bonds is 11. The number of terminal acetylenes is 1. The van der Waals surface area contributed by atoms with E-state index in [1.54, 1.807) is 47.7 Å². The number of carbonyl (C=O) groups excluding carboxylic acids is 1. The Morgan fingerprint density at radius 3 is 2.40 bits per heavy atom. The first-order valence-corrected chi connectivity index (χ1v) is 17.6. The number of benzene rings is 1. The van der Waals surface area contributed by atoms with Crippen molar-refractivity contribution >= 4 is 46.5 Å². The predicted molar refractivity (Wildman–Crippen MR) is 214 cm³/mol. The standard InChI is InChI=1S/C35H36FN7O2S.C2H5NO.C2H6O/c1-8-10-15-27(9-2)46-43-32(28-21-40(5)39-35(28)45-36)30(24-16-18-25(19-17-24)38-22(3)44-7)31-33-29(20-37-34(31)43)41(6)23(4)42(33)26-13-11-12-14-26;1-3-2-4;1-3-2/h1,9-10,15-21,26,38H,3-4,11-14H2,2,5-7H3;2H,1H3,(H,3,4);1-2H3/b15-10-,27-9+;;. The quantitative estimate of drug-likeness (QED) is 0.0684. The van der Waals surface area contributed by atoms with Crippen molar-refractivity contribution in [2.45, 2.75) is 38.6 Å². The Kier molecular flexibility index (Phi) is 14.2. The lowest BCUT2D eigenvalue weighted by Crippen LogP contribution is -2.33. The van der Waals surface area contributed by atoms with Crippen LogP contribution in [0.15, 0.2) is 84.7 Å². The zero-order valence-electron chi connectivity index (χ0n) is 31.3. The Labute approximate surface area is 315 Å². The molecular weight excluding hydrogens is 696 g/mol. The van der Waals surface area contributed by atoms with E-state index in [0.717, 1.165) is 70.0 Å². The molecule has 280 valence electrons. The molecule has 1 fully saturated rings. The maximum Gasteiger partial charge on any atom is 0.290 e. The van der Waals surface area contributed by atoms with Gasteiger partial charge in [-0.3, -0.25) is 18.4 Å². The largest absolute Gasteiger partial charge is 0.483 e. The van der Waals surface area contributed by atoms with Crippen LogP contribution in [0.2, 0.25) is 0 Å². The van der Waals surface area contributed by atoms with Gasteiger partial charge in [0.2, 0.25) is 6.41 Å². The Hall–Kier alpha value is -5.65. The number of aromatic nitrogens is 4. The first kappa shape index (κ1) is 40.1. The number of anilines is 3. The van der Waals surface area contributed by atoms with Gasteiger partial charge in [-0.15, -0.1) is 11.5 Å². The smallest absolute Gasteiger partial charge is 0.290 e. The molecule has 0 atom stereocenters. The first-order valence-electron chi connectivity index (χ1n) is 16.8. The highest BCUT2D eigenvalue weighted by Gasteiger charge is 2.39. The maximum atomic E-state index is 14.2. The molecular formula is C39H47FN8O4S. The fraction of sp³-hybridized carbons (Fsp3) is 0.308. The molecule has 1 aliphatic carbocycles. The number of ether oxygens (including phenoxy) is 2. The molecule has 1 amide bonds. The summed E-state index contributed by atoms with van der Waals surface area (Å²) in [4.78, 5) is 23.8. The number of amides is 1. The second-order valence-corrected chi connectivity index (χ2v) is 13.0. The molecule has 2 N–H and O–H groups in total. The summed E-state index contributed by atoms with van der Waals surface area (Å²) in [5.74, 6) is 3.76. The van der Waals surface area contributed by atoms with Gasteiger partial charge in [0.1, 0.15) is 5.82 Å².